The first kappa shape index (κ1) is 16.9. The molecule has 1 N–H and O–H groups in total. The summed E-state index contributed by atoms with van der Waals surface area (Å²) < 4.78 is 18.1. The lowest BCUT2D eigenvalue weighted by atomic mass is 9.98. The fourth-order valence-corrected chi connectivity index (χ4v) is 3.67. The van der Waals surface area contributed by atoms with E-state index in [0.29, 0.717) is 33.4 Å². The zero-order chi connectivity index (χ0) is 19.8. The van der Waals surface area contributed by atoms with Gasteiger partial charge < -0.3 is 19.0 Å². The Bertz CT molecular complexity index is 1290. The molecule has 0 spiro atoms. The zero-order valence-corrected chi connectivity index (χ0v) is 16.1. The van der Waals surface area contributed by atoms with Gasteiger partial charge in [0.1, 0.15) is 11.2 Å². The summed E-state index contributed by atoms with van der Waals surface area (Å²) in [6.45, 7) is 7.65. The predicted molar refractivity (Wildman–Crippen MR) is 109 cm³/mol. The molecule has 5 heteroatoms. The molecule has 0 bridgehead atoms. The molecule has 0 amide bonds. The molecule has 0 aliphatic carbocycles. The minimum Gasteiger partial charge on any atom is -0.502 e. The van der Waals surface area contributed by atoms with Gasteiger partial charge in [0.2, 0.25) is 11.2 Å². The standard InChI is InChI=1S/C23H20O5/c1-22(2)10-8-13-11-15-16(24)14-6-5-12-7-9-23(3,4)28-19(12)21(14)26-20(15)17(25)18(13)27-22/h5-11,25H,1-4H3. The first-order chi connectivity index (χ1) is 13.2. The summed E-state index contributed by atoms with van der Waals surface area (Å²) in [5.41, 5.74) is 0.601. The van der Waals surface area contributed by atoms with Crippen LogP contribution in [0.5, 0.6) is 17.2 Å². The van der Waals surface area contributed by atoms with Crippen molar-refractivity contribution in [2.75, 3.05) is 0 Å². The predicted octanol–water partition coefficient (Wildman–Crippen LogP) is 5.02. The minimum absolute atomic E-state index is 0.103. The molecule has 0 saturated carbocycles. The lowest BCUT2D eigenvalue weighted by Gasteiger charge is -2.29. The van der Waals surface area contributed by atoms with Gasteiger partial charge in [0, 0.05) is 11.1 Å². The van der Waals surface area contributed by atoms with Crippen molar-refractivity contribution >= 4 is 34.1 Å². The van der Waals surface area contributed by atoms with Crippen LogP contribution in [-0.4, -0.2) is 16.3 Å². The largest absolute Gasteiger partial charge is 0.502 e. The van der Waals surface area contributed by atoms with E-state index < -0.39 is 11.2 Å². The van der Waals surface area contributed by atoms with Crippen LogP contribution in [0.4, 0.5) is 0 Å². The van der Waals surface area contributed by atoms with Crippen molar-refractivity contribution in [2.24, 2.45) is 0 Å². The second-order valence-corrected chi connectivity index (χ2v) is 8.39. The third-order valence-electron chi connectivity index (χ3n) is 5.13. The highest BCUT2D eigenvalue weighted by atomic mass is 16.5. The molecule has 0 atom stereocenters. The summed E-state index contributed by atoms with van der Waals surface area (Å²) in [6, 6.07) is 5.28. The number of phenolic OH excluding ortho intramolecular Hbond substituents is 1. The molecular weight excluding hydrogens is 356 g/mol. The number of ether oxygens (including phenoxy) is 2. The molecule has 2 aliphatic heterocycles. The number of hydrogen-bond donors (Lipinski definition) is 1. The maximum atomic E-state index is 13.2. The smallest absolute Gasteiger partial charge is 0.202 e. The van der Waals surface area contributed by atoms with Gasteiger partial charge >= 0.3 is 0 Å². The Morgan fingerprint density at radius 1 is 0.821 bits per heavy atom. The molecule has 2 aromatic carbocycles. The maximum Gasteiger partial charge on any atom is 0.202 e. The van der Waals surface area contributed by atoms with Gasteiger partial charge in [-0.25, -0.2) is 0 Å². The van der Waals surface area contributed by atoms with Crippen molar-refractivity contribution in [1.29, 1.82) is 0 Å². The van der Waals surface area contributed by atoms with E-state index in [9.17, 15) is 9.90 Å². The molecule has 0 fully saturated rings. The van der Waals surface area contributed by atoms with Crippen molar-refractivity contribution in [2.45, 2.75) is 38.9 Å². The second kappa shape index (κ2) is 5.19. The molecule has 142 valence electrons. The monoisotopic (exact) mass is 376 g/mol. The van der Waals surface area contributed by atoms with Gasteiger partial charge in [-0.15, -0.1) is 0 Å². The Labute approximate surface area is 161 Å². The fourth-order valence-electron chi connectivity index (χ4n) is 3.67. The van der Waals surface area contributed by atoms with Gasteiger partial charge in [-0.1, -0.05) is 18.2 Å². The SMILES string of the molecule is CC1(C)C=Cc2cc3c(=O)c4ccc5c(c4oc3c(O)c2O1)OC(C)(C)C=C5. The van der Waals surface area contributed by atoms with Gasteiger partial charge in [0.25, 0.3) is 0 Å². The highest BCUT2D eigenvalue weighted by Gasteiger charge is 2.29. The molecule has 5 rings (SSSR count). The summed E-state index contributed by atoms with van der Waals surface area (Å²) in [5, 5.41) is 11.6. The lowest BCUT2D eigenvalue weighted by molar-refractivity contribution is 0.152. The van der Waals surface area contributed by atoms with Crippen LogP contribution in [0.2, 0.25) is 0 Å². The molecule has 28 heavy (non-hydrogen) atoms. The van der Waals surface area contributed by atoms with E-state index in [0.717, 1.165) is 5.56 Å². The van der Waals surface area contributed by atoms with Crippen LogP contribution >= 0.6 is 0 Å². The Morgan fingerprint density at radius 2 is 1.46 bits per heavy atom. The van der Waals surface area contributed by atoms with Crippen LogP contribution < -0.4 is 14.9 Å². The van der Waals surface area contributed by atoms with Crippen LogP contribution in [0.15, 0.2) is 39.6 Å². The van der Waals surface area contributed by atoms with E-state index in [2.05, 4.69) is 0 Å². The Balaban J connectivity index is 1.88. The molecule has 0 saturated heterocycles. The van der Waals surface area contributed by atoms with Crippen LogP contribution in [0.1, 0.15) is 38.8 Å². The number of rotatable bonds is 0. The second-order valence-electron chi connectivity index (χ2n) is 8.39. The van der Waals surface area contributed by atoms with Gasteiger partial charge in [-0.2, -0.15) is 0 Å². The van der Waals surface area contributed by atoms with E-state index >= 15 is 0 Å². The van der Waals surface area contributed by atoms with Crippen LogP contribution in [-0.2, 0) is 0 Å². The van der Waals surface area contributed by atoms with Crippen LogP contribution in [0.3, 0.4) is 0 Å². The van der Waals surface area contributed by atoms with Crippen molar-refractivity contribution in [3.63, 3.8) is 0 Å². The van der Waals surface area contributed by atoms with Crippen molar-refractivity contribution in [3.8, 4) is 17.2 Å². The molecule has 0 unspecified atom stereocenters. The normalized spacial score (nSPS) is 18.4. The molecular formula is C23H20O5. The van der Waals surface area contributed by atoms with E-state index in [1.807, 2.05) is 58.1 Å². The third-order valence-corrected chi connectivity index (χ3v) is 5.13. The fraction of sp³-hybridized carbons (Fsp3) is 0.261. The number of aromatic hydroxyl groups is 1. The zero-order valence-electron chi connectivity index (χ0n) is 16.1. The molecule has 3 aromatic rings. The van der Waals surface area contributed by atoms with Gasteiger partial charge in [-0.3, -0.25) is 4.79 Å². The van der Waals surface area contributed by atoms with Crippen LogP contribution in [0, 0.1) is 0 Å². The van der Waals surface area contributed by atoms with Crippen molar-refractivity contribution in [3.05, 3.63) is 51.7 Å². The quantitative estimate of drug-likeness (QED) is 0.558. The molecule has 0 radical (unpaired) electrons. The molecule has 5 nitrogen and oxygen atoms in total. The lowest BCUT2D eigenvalue weighted by Crippen LogP contribution is -2.28. The maximum absolute atomic E-state index is 13.2. The molecule has 2 aliphatic rings. The third kappa shape index (κ3) is 2.35. The Hall–Kier alpha value is -3.21. The van der Waals surface area contributed by atoms with E-state index in [4.69, 9.17) is 13.9 Å². The average molecular weight is 376 g/mol. The van der Waals surface area contributed by atoms with Crippen molar-refractivity contribution < 1.29 is 19.0 Å². The Kier molecular flexibility index (Phi) is 3.14. The highest BCUT2D eigenvalue weighted by molar-refractivity contribution is 5.98. The molecule has 1 aromatic heterocycles. The number of benzene rings is 2. The molecule has 3 heterocycles. The first-order valence-electron chi connectivity index (χ1n) is 9.21. The summed E-state index contributed by atoms with van der Waals surface area (Å²) in [6.07, 6.45) is 7.65. The Morgan fingerprint density at radius 3 is 2.18 bits per heavy atom. The van der Waals surface area contributed by atoms with E-state index in [1.54, 1.807) is 12.1 Å². The number of phenols is 1. The summed E-state index contributed by atoms with van der Waals surface area (Å²) in [5.74, 6) is 0.642. The first-order valence-corrected chi connectivity index (χ1v) is 9.21. The van der Waals surface area contributed by atoms with Gasteiger partial charge in [-0.05, 0) is 52.0 Å². The summed E-state index contributed by atoms with van der Waals surface area (Å²) >= 11 is 0. The average Bonchev–Trinajstić information content (AvgIpc) is 2.62. The van der Waals surface area contributed by atoms with Gasteiger partial charge in [0.15, 0.2) is 22.7 Å². The summed E-state index contributed by atoms with van der Waals surface area (Å²) in [4.78, 5) is 13.2. The number of hydrogen-bond acceptors (Lipinski definition) is 5. The van der Waals surface area contributed by atoms with Crippen LogP contribution in [0.25, 0.3) is 34.1 Å². The highest BCUT2D eigenvalue weighted by Crippen LogP contribution is 2.45. The van der Waals surface area contributed by atoms with E-state index in [1.165, 1.54) is 0 Å². The van der Waals surface area contributed by atoms with E-state index in [-0.39, 0.29) is 16.8 Å². The summed E-state index contributed by atoms with van der Waals surface area (Å²) in [7, 11) is 0. The van der Waals surface area contributed by atoms with Crippen molar-refractivity contribution in [1.82, 2.24) is 0 Å². The number of fused-ring (bicyclic) bond motifs is 5. The minimum atomic E-state index is -0.563. The van der Waals surface area contributed by atoms with Gasteiger partial charge in [0.05, 0.1) is 10.8 Å². The topological polar surface area (TPSA) is 68.9 Å².